The van der Waals surface area contributed by atoms with Crippen LogP contribution in [-0.4, -0.2) is 34.5 Å². The Balaban J connectivity index is 1.51. The number of rotatable bonds is 11. The van der Waals surface area contributed by atoms with Crippen molar-refractivity contribution in [2.24, 2.45) is 5.10 Å². The number of ether oxygens (including phenoxy) is 1. The van der Waals surface area contributed by atoms with Gasteiger partial charge in [0.25, 0.3) is 17.7 Å². The number of hydrazone groups is 1. The Hall–Kier alpha value is -3.11. The summed E-state index contributed by atoms with van der Waals surface area (Å²) in [5.74, 6) is -0.662. The fourth-order valence-electron chi connectivity index (χ4n) is 5.02. The molecule has 0 spiro atoms. The lowest BCUT2D eigenvalue weighted by Gasteiger charge is -2.31. The standard InChI is InChI=1S/C36H40BrCl3N4O4/c1-8-27(48-28-15-14-21(35(4,5)9-2)17-24(28)36(6,7)10-3)33(46)41-23-13-11-12-20(16-23)32(45)42-31-29(37)34(47)44(43-31)30-25(39)18-22(38)19-26(30)40/h11-19,27,29H,8-10H2,1-7H3,(H,41,46)(H,42,43,45). The molecule has 12 heteroatoms. The molecule has 1 heterocycles. The second kappa shape index (κ2) is 15.2. The Morgan fingerprint density at radius 3 is 2.19 bits per heavy atom. The number of amides is 3. The highest BCUT2D eigenvalue weighted by atomic mass is 79.9. The zero-order valence-corrected chi connectivity index (χ0v) is 31.9. The summed E-state index contributed by atoms with van der Waals surface area (Å²) in [5, 5.41) is 11.4. The molecule has 8 nitrogen and oxygen atoms in total. The number of alkyl halides is 1. The molecule has 0 aromatic heterocycles. The molecule has 3 aromatic carbocycles. The summed E-state index contributed by atoms with van der Waals surface area (Å²) in [4.78, 5) is 38.8. The van der Waals surface area contributed by atoms with Crippen LogP contribution in [0.3, 0.4) is 0 Å². The first-order chi connectivity index (χ1) is 22.5. The van der Waals surface area contributed by atoms with Gasteiger partial charge in [-0.2, -0.15) is 5.01 Å². The largest absolute Gasteiger partial charge is 0.480 e. The number of hydrogen-bond donors (Lipinski definition) is 2. The van der Waals surface area contributed by atoms with E-state index in [0.29, 0.717) is 22.9 Å². The number of carbonyl (C=O) groups is 3. The molecular weight excluding hydrogens is 739 g/mol. The van der Waals surface area contributed by atoms with Crippen LogP contribution in [0.4, 0.5) is 11.4 Å². The number of nitrogens with one attached hydrogen (secondary N) is 2. The fraction of sp³-hybridized carbons (Fsp3) is 0.389. The number of anilines is 2. The lowest BCUT2D eigenvalue weighted by molar-refractivity contribution is -0.123. The Kier molecular flexibility index (Phi) is 11.9. The van der Waals surface area contributed by atoms with Crippen LogP contribution in [0.15, 0.2) is 59.7 Å². The highest BCUT2D eigenvalue weighted by Gasteiger charge is 2.38. The van der Waals surface area contributed by atoms with Crippen molar-refractivity contribution >= 4 is 85.7 Å². The molecule has 1 aliphatic heterocycles. The molecule has 3 aromatic rings. The molecule has 2 unspecified atom stereocenters. The van der Waals surface area contributed by atoms with Gasteiger partial charge in [0.1, 0.15) is 11.4 Å². The van der Waals surface area contributed by atoms with E-state index in [1.165, 1.54) is 17.7 Å². The quantitative estimate of drug-likeness (QED) is 0.190. The molecular formula is C36H40BrCl3N4O4. The average Bonchev–Trinajstić information content (AvgIpc) is 3.31. The summed E-state index contributed by atoms with van der Waals surface area (Å²) < 4.78 is 6.40. The number of hydrogen-bond acceptors (Lipinski definition) is 5. The van der Waals surface area contributed by atoms with Gasteiger partial charge in [0.05, 0.1) is 10.0 Å². The fourth-order valence-corrected chi connectivity index (χ4v) is 6.40. The van der Waals surface area contributed by atoms with Crippen LogP contribution in [-0.2, 0) is 20.4 Å². The normalized spacial score (nSPS) is 15.6. The van der Waals surface area contributed by atoms with Gasteiger partial charge in [-0.25, -0.2) is 0 Å². The zero-order chi connectivity index (χ0) is 35.6. The molecule has 48 heavy (non-hydrogen) atoms. The summed E-state index contributed by atoms with van der Waals surface area (Å²) in [6.07, 6.45) is 1.54. The van der Waals surface area contributed by atoms with Gasteiger partial charge in [-0.1, -0.05) is 117 Å². The monoisotopic (exact) mass is 776 g/mol. The predicted octanol–water partition coefficient (Wildman–Crippen LogP) is 9.67. The van der Waals surface area contributed by atoms with Crippen LogP contribution >= 0.6 is 50.7 Å². The van der Waals surface area contributed by atoms with E-state index in [-0.39, 0.29) is 43.9 Å². The summed E-state index contributed by atoms with van der Waals surface area (Å²) in [6, 6.07) is 15.6. The van der Waals surface area contributed by atoms with Crippen molar-refractivity contribution < 1.29 is 19.1 Å². The van der Waals surface area contributed by atoms with Gasteiger partial charge in [0.15, 0.2) is 16.8 Å². The van der Waals surface area contributed by atoms with Crippen LogP contribution in [0.1, 0.15) is 89.2 Å². The van der Waals surface area contributed by atoms with Crippen LogP contribution in [0, 0.1) is 0 Å². The summed E-state index contributed by atoms with van der Waals surface area (Å²) in [5.41, 5.74) is 2.91. The lowest BCUT2D eigenvalue weighted by atomic mass is 9.76. The smallest absolute Gasteiger partial charge is 0.269 e. The average molecular weight is 779 g/mol. The highest BCUT2D eigenvalue weighted by molar-refractivity contribution is 9.10. The number of halogens is 4. The lowest BCUT2D eigenvalue weighted by Crippen LogP contribution is -2.37. The van der Waals surface area contributed by atoms with Gasteiger partial charge in [0, 0.05) is 21.8 Å². The Morgan fingerprint density at radius 1 is 0.938 bits per heavy atom. The molecule has 0 saturated carbocycles. The second-order valence-corrected chi connectivity index (χ2v) is 15.1. The van der Waals surface area contributed by atoms with Crippen molar-refractivity contribution in [3.8, 4) is 5.75 Å². The molecule has 0 radical (unpaired) electrons. The Bertz CT molecular complexity index is 1740. The maximum absolute atomic E-state index is 13.5. The molecule has 3 amide bonds. The third kappa shape index (κ3) is 8.19. The minimum absolute atomic E-state index is 0.00276. The molecule has 2 atom stereocenters. The first kappa shape index (κ1) is 37.7. The van der Waals surface area contributed by atoms with Crippen LogP contribution in [0.5, 0.6) is 5.75 Å². The van der Waals surface area contributed by atoms with E-state index in [2.05, 4.69) is 85.3 Å². The van der Waals surface area contributed by atoms with Crippen LogP contribution in [0.2, 0.25) is 15.1 Å². The molecule has 256 valence electrons. The van der Waals surface area contributed by atoms with E-state index < -0.39 is 22.7 Å². The van der Waals surface area contributed by atoms with E-state index in [9.17, 15) is 14.4 Å². The van der Waals surface area contributed by atoms with Crippen molar-refractivity contribution in [3.63, 3.8) is 0 Å². The SMILES string of the molecule is CCC(Oc1ccc(C(C)(C)CC)cc1C(C)(C)CC)C(=O)Nc1cccc(C(=O)NC2=NN(c3c(Cl)cc(Cl)cc3Cl)C(=O)C2Br)c1. The number of amidine groups is 1. The van der Waals surface area contributed by atoms with Crippen molar-refractivity contribution in [2.45, 2.75) is 89.5 Å². The van der Waals surface area contributed by atoms with Crippen LogP contribution in [0.25, 0.3) is 0 Å². The minimum Gasteiger partial charge on any atom is -0.480 e. The third-order valence-corrected chi connectivity index (χ3v) is 10.5. The van der Waals surface area contributed by atoms with E-state index in [1.54, 1.807) is 24.3 Å². The minimum atomic E-state index is -0.959. The van der Waals surface area contributed by atoms with Gasteiger partial charge in [0.2, 0.25) is 0 Å². The highest BCUT2D eigenvalue weighted by Crippen LogP contribution is 2.40. The van der Waals surface area contributed by atoms with Gasteiger partial charge in [-0.05, 0) is 72.1 Å². The van der Waals surface area contributed by atoms with Gasteiger partial charge in [-0.3, -0.25) is 14.4 Å². The van der Waals surface area contributed by atoms with Crippen molar-refractivity contribution in [3.05, 3.63) is 86.4 Å². The molecule has 0 fully saturated rings. The third-order valence-electron chi connectivity index (χ3n) is 8.89. The van der Waals surface area contributed by atoms with Crippen molar-refractivity contribution in [1.82, 2.24) is 5.32 Å². The van der Waals surface area contributed by atoms with Crippen molar-refractivity contribution in [1.29, 1.82) is 0 Å². The first-order valence-electron chi connectivity index (χ1n) is 15.8. The summed E-state index contributed by atoms with van der Waals surface area (Å²) in [7, 11) is 0. The number of benzene rings is 3. The van der Waals surface area contributed by atoms with Crippen LogP contribution < -0.4 is 20.4 Å². The molecule has 0 saturated heterocycles. The van der Waals surface area contributed by atoms with Crippen molar-refractivity contribution in [2.75, 3.05) is 10.3 Å². The molecule has 1 aliphatic rings. The number of nitrogens with zero attached hydrogens (tertiary/aromatic N) is 2. The van der Waals surface area contributed by atoms with Gasteiger partial charge >= 0.3 is 0 Å². The molecule has 4 rings (SSSR count). The maximum atomic E-state index is 13.5. The summed E-state index contributed by atoms with van der Waals surface area (Å²) >= 11 is 21.9. The Morgan fingerprint density at radius 2 is 1.58 bits per heavy atom. The van der Waals surface area contributed by atoms with Gasteiger partial charge < -0.3 is 15.4 Å². The van der Waals surface area contributed by atoms with E-state index >= 15 is 0 Å². The Labute approximate surface area is 305 Å². The van der Waals surface area contributed by atoms with Gasteiger partial charge in [-0.15, -0.1) is 5.10 Å². The van der Waals surface area contributed by atoms with E-state index in [0.717, 1.165) is 23.4 Å². The predicted molar refractivity (Wildman–Crippen MR) is 199 cm³/mol. The summed E-state index contributed by atoms with van der Waals surface area (Å²) in [6.45, 7) is 15.0. The maximum Gasteiger partial charge on any atom is 0.269 e. The van der Waals surface area contributed by atoms with E-state index in [4.69, 9.17) is 39.5 Å². The van der Waals surface area contributed by atoms with E-state index in [1.807, 2.05) is 13.0 Å². The zero-order valence-electron chi connectivity index (χ0n) is 28.0. The first-order valence-corrected chi connectivity index (χ1v) is 17.8. The molecule has 2 N–H and O–H groups in total. The number of carbonyl (C=O) groups excluding carboxylic acids is 3. The molecule has 0 bridgehead atoms. The molecule has 0 aliphatic carbocycles. The second-order valence-electron chi connectivity index (χ2n) is 12.9. The topological polar surface area (TPSA) is 100 Å².